The Labute approximate surface area is 222 Å². The minimum absolute atomic E-state index is 0.0470. The van der Waals surface area contributed by atoms with E-state index in [-0.39, 0.29) is 22.2 Å². The summed E-state index contributed by atoms with van der Waals surface area (Å²) in [7, 11) is 0. The number of carbonyl (C=O) groups is 4. The molecule has 200 valence electrons. The fourth-order valence-corrected chi connectivity index (χ4v) is 6.29. The van der Waals surface area contributed by atoms with Gasteiger partial charge >= 0.3 is 11.9 Å². The van der Waals surface area contributed by atoms with E-state index in [0.717, 1.165) is 36.7 Å². The van der Waals surface area contributed by atoms with Crippen molar-refractivity contribution in [3.8, 4) is 0 Å². The summed E-state index contributed by atoms with van der Waals surface area (Å²) >= 11 is 2.37. The van der Waals surface area contributed by atoms with Gasteiger partial charge in [0.15, 0.2) is 29.4 Å². The van der Waals surface area contributed by atoms with Crippen LogP contribution in [0.2, 0.25) is 0 Å². The van der Waals surface area contributed by atoms with E-state index in [4.69, 9.17) is 15.7 Å². The monoisotopic (exact) mass is 563 g/mol. The Balaban J connectivity index is 1.34. The Morgan fingerprint density at radius 1 is 1.37 bits per heavy atom. The Hall–Kier alpha value is -4.12. The zero-order valence-corrected chi connectivity index (χ0v) is 21.3. The van der Waals surface area contributed by atoms with E-state index < -0.39 is 41.8 Å². The van der Waals surface area contributed by atoms with Crippen LogP contribution in [-0.4, -0.2) is 84.6 Å². The van der Waals surface area contributed by atoms with Crippen LogP contribution in [0.4, 0.5) is 10.9 Å². The number of thioether (sulfide) groups is 1. The highest BCUT2D eigenvalue weighted by Gasteiger charge is 2.55. The number of aromatic nitrogens is 3. The van der Waals surface area contributed by atoms with Gasteiger partial charge in [-0.15, -0.1) is 32.5 Å². The summed E-state index contributed by atoms with van der Waals surface area (Å²) in [5.74, 6) is -2.66. The van der Waals surface area contributed by atoms with Gasteiger partial charge < -0.3 is 31.4 Å². The van der Waals surface area contributed by atoms with E-state index >= 15 is 0 Å². The smallest absolute Gasteiger partial charge is 0.352 e. The van der Waals surface area contributed by atoms with E-state index in [1.54, 1.807) is 0 Å². The molecule has 3 aliphatic heterocycles. The van der Waals surface area contributed by atoms with Gasteiger partial charge in [0.25, 0.3) is 11.8 Å². The Morgan fingerprint density at radius 3 is 2.89 bits per heavy atom. The highest BCUT2D eigenvalue weighted by Crippen LogP contribution is 2.40. The van der Waals surface area contributed by atoms with Gasteiger partial charge in [-0.25, -0.2) is 14.6 Å². The summed E-state index contributed by atoms with van der Waals surface area (Å²) < 4.78 is 3.95. The van der Waals surface area contributed by atoms with Crippen molar-refractivity contribution < 1.29 is 38.9 Å². The second-order valence-corrected chi connectivity index (χ2v) is 10.5. The number of rotatable bonds is 9. The van der Waals surface area contributed by atoms with Crippen LogP contribution in [0.1, 0.15) is 12.1 Å². The average molecular weight is 564 g/mol. The number of thiazole rings is 1. The maximum Gasteiger partial charge on any atom is 0.352 e. The molecule has 3 aliphatic rings. The fraction of sp³-hybridized carbons (Fsp3) is 0.381. The van der Waals surface area contributed by atoms with E-state index in [1.807, 2.05) is 21.6 Å². The second kappa shape index (κ2) is 10.3. The van der Waals surface area contributed by atoms with Crippen molar-refractivity contribution >= 4 is 63.5 Å². The van der Waals surface area contributed by atoms with Crippen LogP contribution >= 0.6 is 23.1 Å². The summed E-state index contributed by atoms with van der Waals surface area (Å²) in [5, 5.41) is 29.1. The molecule has 0 spiro atoms. The van der Waals surface area contributed by atoms with Gasteiger partial charge in [-0.3, -0.25) is 14.5 Å². The lowest BCUT2D eigenvalue weighted by molar-refractivity contribution is -0.768. The first-order valence-corrected chi connectivity index (χ1v) is 13.3. The number of β-lactam (4-membered cyclic amide) rings is 1. The third-order valence-electron chi connectivity index (χ3n) is 6.06. The SMILES string of the molecule is Nc1nc(C(=NOCC(=O)O)C(=O)N[C@@H]2C(=O)N3C(C(=O)O)=C(C[n+]4ccc5n4CCCN5)CS[C@H]23)cs1. The lowest BCUT2D eigenvalue weighted by Gasteiger charge is -2.49. The highest BCUT2D eigenvalue weighted by molar-refractivity contribution is 8.00. The fourth-order valence-electron chi connectivity index (χ4n) is 4.41. The van der Waals surface area contributed by atoms with Gasteiger partial charge in [-0.1, -0.05) is 5.16 Å². The number of amides is 2. The molecule has 0 radical (unpaired) electrons. The zero-order valence-electron chi connectivity index (χ0n) is 19.7. The lowest BCUT2D eigenvalue weighted by atomic mass is 10.0. The van der Waals surface area contributed by atoms with Gasteiger partial charge in [-0.05, 0) is 6.42 Å². The Bertz CT molecular complexity index is 1380. The first kappa shape index (κ1) is 25.5. The lowest BCUT2D eigenvalue weighted by Crippen LogP contribution is -2.71. The Morgan fingerprint density at radius 2 is 2.18 bits per heavy atom. The zero-order chi connectivity index (χ0) is 27.0. The number of nitrogens with zero attached hydrogens (tertiary/aromatic N) is 5. The molecule has 0 aliphatic carbocycles. The minimum Gasteiger partial charge on any atom is -0.479 e. The number of carbonyl (C=O) groups excluding carboxylic acids is 2. The predicted octanol–water partition coefficient (Wildman–Crippen LogP) is -1.13. The number of nitrogens with two attached hydrogens (primary N) is 1. The molecule has 2 atom stereocenters. The summed E-state index contributed by atoms with van der Waals surface area (Å²) in [6.07, 6.45) is 2.81. The largest absolute Gasteiger partial charge is 0.479 e. The topological polar surface area (TPSA) is 205 Å². The summed E-state index contributed by atoms with van der Waals surface area (Å²) in [6.45, 7) is 1.17. The van der Waals surface area contributed by atoms with Gasteiger partial charge in [0.05, 0.1) is 12.6 Å². The average Bonchev–Trinajstić information content (AvgIpc) is 3.50. The van der Waals surface area contributed by atoms with E-state index in [0.29, 0.717) is 17.9 Å². The van der Waals surface area contributed by atoms with Gasteiger partial charge in [-0.2, -0.15) is 0 Å². The molecule has 2 aromatic rings. The van der Waals surface area contributed by atoms with Crippen molar-refractivity contribution in [2.75, 3.05) is 30.0 Å². The molecule has 5 heterocycles. The maximum atomic E-state index is 13.1. The number of anilines is 2. The van der Waals surface area contributed by atoms with Crippen molar-refractivity contribution in [3.63, 3.8) is 0 Å². The molecule has 0 bridgehead atoms. The highest BCUT2D eigenvalue weighted by atomic mass is 32.2. The van der Waals surface area contributed by atoms with E-state index in [1.165, 1.54) is 22.0 Å². The third-order valence-corrected chi connectivity index (χ3v) is 8.07. The molecule has 1 saturated heterocycles. The van der Waals surface area contributed by atoms with Crippen LogP contribution < -0.4 is 21.0 Å². The molecule has 38 heavy (non-hydrogen) atoms. The third kappa shape index (κ3) is 4.76. The molecule has 15 nitrogen and oxygen atoms in total. The van der Waals surface area contributed by atoms with Gasteiger partial charge in [0.2, 0.25) is 6.61 Å². The molecular formula is C21H23N8O7S2+. The summed E-state index contributed by atoms with van der Waals surface area (Å²) in [4.78, 5) is 59.0. The van der Waals surface area contributed by atoms with Crippen LogP contribution in [0.5, 0.6) is 0 Å². The molecular weight excluding hydrogens is 540 g/mol. The molecule has 17 heteroatoms. The molecule has 1 fully saturated rings. The van der Waals surface area contributed by atoms with Gasteiger partial charge in [0, 0.05) is 23.3 Å². The van der Waals surface area contributed by atoms with Crippen molar-refractivity contribution in [1.29, 1.82) is 0 Å². The van der Waals surface area contributed by atoms with Crippen LogP contribution in [-0.2, 0) is 37.1 Å². The number of nitrogen functional groups attached to an aromatic ring is 1. The number of carboxylic acids is 2. The number of hydrogen-bond donors (Lipinski definition) is 5. The van der Waals surface area contributed by atoms with Gasteiger partial charge in [0.1, 0.15) is 22.8 Å². The quantitative estimate of drug-likeness (QED) is 0.107. The van der Waals surface area contributed by atoms with Crippen molar-refractivity contribution in [1.82, 2.24) is 19.9 Å². The molecule has 0 saturated carbocycles. The number of nitrogens with one attached hydrogen (secondary N) is 2. The number of fused-ring (bicyclic) bond motifs is 2. The second-order valence-electron chi connectivity index (χ2n) is 8.50. The van der Waals surface area contributed by atoms with Crippen molar-refractivity contribution in [3.05, 3.63) is 34.6 Å². The Kier molecular flexibility index (Phi) is 6.94. The standard InChI is InChI=1S/C21H22N8O7S2/c22-21-24-11(9-38-21)14(26-36-7-13(30)31)17(32)25-15-18(33)29-16(20(34)35)10(8-37-19(15)29)6-27-5-2-12-23-3-1-4-28(12)27/h2,5,9,15,19H,1,3-4,6-8H2,(H5,22,24,25,30,31,32,34,35)/p+1/t15-,19-/m1/s1. The molecule has 0 unspecified atom stereocenters. The van der Waals surface area contributed by atoms with E-state index in [9.17, 15) is 24.3 Å². The molecule has 2 aromatic heterocycles. The first-order valence-electron chi connectivity index (χ1n) is 11.4. The minimum atomic E-state index is -1.30. The molecule has 5 rings (SSSR count). The normalized spacial score (nSPS) is 20.7. The predicted molar refractivity (Wildman–Crippen MR) is 134 cm³/mol. The number of carboxylic acid groups (broad SMARTS) is 2. The number of oxime groups is 1. The number of aliphatic carboxylic acids is 2. The van der Waals surface area contributed by atoms with Crippen LogP contribution in [0.3, 0.4) is 0 Å². The van der Waals surface area contributed by atoms with Crippen LogP contribution in [0.25, 0.3) is 0 Å². The summed E-state index contributed by atoms with van der Waals surface area (Å²) in [5.41, 5.74) is 5.81. The number of hydrogen-bond acceptors (Lipinski definition) is 11. The molecule has 6 N–H and O–H groups in total. The first-order chi connectivity index (χ1) is 18.2. The maximum absolute atomic E-state index is 13.1. The van der Waals surface area contributed by atoms with Crippen molar-refractivity contribution in [2.24, 2.45) is 5.16 Å². The van der Waals surface area contributed by atoms with Crippen LogP contribution in [0, 0.1) is 0 Å². The van der Waals surface area contributed by atoms with Crippen molar-refractivity contribution in [2.45, 2.75) is 30.9 Å². The summed E-state index contributed by atoms with van der Waals surface area (Å²) in [6, 6.07) is 0.899. The van der Waals surface area contributed by atoms with E-state index in [2.05, 4.69) is 20.8 Å². The molecule has 0 aromatic carbocycles. The van der Waals surface area contributed by atoms with Crippen LogP contribution in [0.15, 0.2) is 34.1 Å². The molecule has 2 amide bonds.